The van der Waals surface area contributed by atoms with Gasteiger partial charge in [0, 0.05) is 12.6 Å². The van der Waals surface area contributed by atoms with Gasteiger partial charge in [-0.05, 0) is 30.3 Å². The summed E-state index contributed by atoms with van der Waals surface area (Å²) in [5.74, 6) is -5.77. The first-order chi connectivity index (χ1) is 12.8. The van der Waals surface area contributed by atoms with E-state index in [4.69, 9.17) is 11.6 Å². The highest BCUT2D eigenvalue weighted by Crippen LogP contribution is 2.26. The summed E-state index contributed by atoms with van der Waals surface area (Å²) >= 11 is 5.67. The van der Waals surface area contributed by atoms with Gasteiger partial charge in [0.1, 0.15) is 23.4 Å². The molecule has 0 aliphatic carbocycles. The van der Waals surface area contributed by atoms with Gasteiger partial charge in [-0.15, -0.1) is 0 Å². The van der Waals surface area contributed by atoms with Crippen LogP contribution in [0, 0.1) is 23.4 Å². The monoisotopic (exact) mass is 397 g/mol. The molecule has 0 aromatic heterocycles. The van der Waals surface area contributed by atoms with Crippen LogP contribution in [0.3, 0.4) is 0 Å². The molecule has 1 atom stereocenters. The fourth-order valence-corrected chi connectivity index (χ4v) is 2.67. The van der Waals surface area contributed by atoms with E-state index in [1.165, 1.54) is 0 Å². The summed E-state index contributed by atoms with van der Waals surface area (Å²) in [5, 5.41) is 4.22. The number of hydrogen-bond acceptors (Lipinski definition) is 3. The van der Waals surface area contributed by atoms with Crippen molar-refractivity contribution in [3.8, 4) is 0 Å². The molecule has 27 heavy (non-hydrogen) atoms. The first kappa shape index (κ1) is 18.7. The smallest absolute Gasteiger partial charge is 0.328 e. The summed E-state index contributed by atoms with van der Waals surface area (Å²) in [4.78, 5) is 37.7. The zero-order chi connectivity index (χ0) is 19.7. The van der Waals surface area contributed by atoms with Gasteiger partial charge in [0.25, 0.3) is 0 Å². The molecule has 4 amide bonds. The van der Waals surface area contributed by atoms with Crippen LogP contribution in [0.15, 0.2) is 36.4 Å². The van der Waals surface area contributed by atoms with E-state index < -0.39 is 41.2 Å². The molecule has 1 aliphatic rings. The standard InChI is InChI=1S/C17H11ClF3N3O3/c18-11-6-9(2-3-12(11)20)24-16(26)10(7-22-17(24)27)15(25)23-14-4-1-8(19)5-13(14)21/h1-6,10H,7H2,(H,22,27)(H,23,25). The largest absolute Gasteiger partial charge is 0.336 e. The maximum absolute atomic E-state index is 13.7. The predicted molar refractivity (Wildman–Crippen MR) is 90.8 cm³/mol. The van der Waals surface area contributed by atoms with Gasteiger partial charge in [0.05, 0.1) is 16.4 Å². The molecule has 1 heterocycles. The van der Waals surface area contributed by atoms with Crippen LogP contribution in [0.25, 0.3) is 0 Å². The van der Waals surface area contributed by atoms with Crippen molar-refractivity contribution < 1.29 is 27.6 Å². The fourth-order valence-electron chi connectivity index (χ4n) is 2.50. The summed E-state index contributed by atoms with van der Waals surface area (Å²) in [5.41, 5.74) is -0.350. The third-order valence-electron chi connectivity index (χ3n) is 3.85. The average Bonchev–Trinajstić information content (AvgIpc) is 2.60. The second-order valence-electron chi connectivity index (χ2n) is 5.62. The molecule has 10 heteroatoms. The lowest BCUT2D eigenvalue weighted by Gasteiger charge is -2.30. The van der Waals surface area contributed by atoms with Crippen molar-refractivity contribution in [2.45, 2.75) is 0 Å². The predicted octanol–water partition coefficient (Wildman–Crippen LogP) is 3.07. The van der Waals surface area contributed by atoms with Crippen molar-refractivity contribution in [2.75, 3.05) is 16.8 Å². The molecule has 1 unspecified atom stereocenters. The number of carbonyl (C=O) groups excluding carboxylic acids is 3. The van der Waals surface area contributed by atoms with E-state index in [1.54, 1.807) is 0 Å². The summed E-state index contributed by atoms with van der Waals surface area (Å²) in [6, 6.07) is 4.89. The number of benzene rings is 2. The van der Waals surface area contributed by atoms with Gasteiger partial charge in [0.2, 0.25) is 11.8 Å². The van der Waals surface area contributed by atoms with Gasteiger partial charge in [-0.1, -0.05) is 11.6 Å². The Kier molecular flexibility index (Phi) is 5.04. The van der Waals surface area contributed by atoms with E-state index in [2.05, 4.69) is 10.6 Å². The number of amides is 4. The van der Waals surface area contributed by atoms with Gasteiger partial charge in [0.15, 0.2) is 0 Å². The quantitative estimate of drug-likeness (QED) is 0.781. The number of nitrogens with one attached hydrogen (secondary N) is 2. The molecule has 0 bridgehead atoms. The van der Waals surface area contributed by atoms with E-state index in [-0.39, 0.29) is 22.9 Å². The van der Waals surface area contributed by atoms with Gasteiger partial charge in [-0.25, -0.2) is 22.9 Å². The molecule has 0 spiro atoms. The first-order valence-electron chi connectivity index (χ1n) is 7.60. The molecule has 3 rings (SSSR count). The normalized spacial score (nSPS) is 16.9. The molecule has 2 aromatic carbocycles. The third-order valence-corrected chi connectivity index (χ3v) is 4.14. The van der Waals surface area contributed by atoms with E-state index in [1.807, 2.05) is 0 Å². The number of carbonyl (C=O) groups is 3. The van der Waals surface area contributed by atoms with Crippen LogP contribution in [0.4, 0.5) is 29.3 Å². The number of nitrogens with zero attached hydrogens (tertiary/aromatic N) is 1. The molecule has 6 nitrogen and oxygen atoms in total. The van der Waals surface area contributed by atoms with Crippen LogP contribution in [-0.2, 0) is 9.59 Å². The molecular weight excluding hydrogens is 387 g/mol. The molecule has 1 aliphatic heterocycles. The van der Waals surface area contributed by atoms with Crippen LogP contribution in [-0.4, -0.2) is 24.4 Å². The molecule has 0 saturated carbocycles. The summed E-state index contributed by atoms with van der Waals surface area (Å²) < 4.78 is 39.9. The van der Waals surface area contributed by atoms with Crippen molar-refractivity contribution in [2.24, 2.45) is 5.92 Å². The van der Waals surface area contributed by atoms with E-state index in [0.29, 0.717) is 11.0 Å². The second kappa shape index (κ2) is 7.28. The van der Waals surface area contributed by atoms with Crippen molar-refractivity contribution >= 4 is 40.8 Å². The van der Waals surface area contributed by atoms with Crippen molar-refractivity contribution in [3.05, 3.63) is 58.9 Å². The van der Waals surface area contributed by atoms with Crippen LogP contribution < -0.4 is 15.5 Å². The van der Waals surface area contributed by atoms with Gasteiger partial charge >= 0.3 is 6.03 Å². The molecular formula is C17H11ClF3N3O3. The number of halogens is 4. The maximum atomic E-state index is 13.7. The SMILES string of the molecule is O=C(Nc1ccc(F)cc1F)C1CNC(=O)N(c2ccc(F)c(Cl)c2)C1=O. The number of hydrogen-bond donors (Lipinski definition) is 2. The Labute approximate surface area is 155 Å². The minimum Gasteiger partial charge on any atom is -0.336 e. The summed E-state index contributed by atoms with van der Waals surface area (Å²) in [7, 11) is 0. The lowest BCUT2D eigenvalue weighted by atomic mass is 10.0. The number of imide groups is 1. The highest BCUT2D eigenvalue weighted by molar-refractivity contribution is 6.31. The highest BCUT2D eigenvalue weighted by atomic mass is 35.5. The fraction of sp³-hybridized carbons (Fsp3) is 0.118. The number of anilines is 2. The lowest BCUT2D eigenvalue weighted by Crippen LogP contribution is -2.58. The van der Waals surface area contributed by atoms with Crippen molar-refractivity contribution in [1.29, 1.82) is 0 Å². The van der Waals surface area contributed by atoms with Crippen molar-refractivity contribution in [3.63, 3.8) is 0 Å². The number of urea groups is 1. The minimum absolute atomic E-state index is 0.0330. The number of rotatable bonds is 3. The van der Waals surface area contributed by atoms with Crippen LogP contribution in [0.1, 0.15) is 0 Å². The van der Waals surface area contributed by atoms with Gasteiger partial charge in [-0.3, -0.25) is 9.59 Å². The maximum Gasteiger partial charge on any atom is 0.328 e. The van der Waals surface area contributed by atoms with Gasteiger partial charge in [-0.2, -0.15) is 0 Å². The molecule has 0 radical (unpaired) electrons. The Hall–Kier alpha value is -3.07. The molecule has 140 valence electrons. The molecule has 1 saturated heterocycles. The first-order valence-corrected chi connectivity index (χ1v) is 7.98. The lowest BCUT2D eigenvalue weighted by molar-refractivity contribution is -0.130. The Morgan fingerprint density at radius 1 is 1.11 bits per heavy atom. The highest BCUT2D eigenvalue weighted by Gasteiger charge is 2.39. The van der Waals surface area contributed by atoms with E-state index >= 15 is 0 Å². The van der Waals surface area contributed by atoms with E-state index in [0.717, 1.165) is 30.3 Å². The molecule has 1 fully saturated rings. The Bertz CT molecular complexity index is 954. The zero-order valence-electron chi connectivity index (χ0n) is 13.4. The van der Waals surface area contributed by atoms with Crippen LogP contribution in [0.5, 0.6) is 0 Å². The van der Waals surface area contributed by atoms with Crippen LogP contribution in [0.2, 0.25) is 5.02 Å². The van der Waals surface area contributed by atoms with Crippen LogP contribution >= 0.6 is 11.6 Å². The summed E-state index contributed by atoms with van der Waals surface area (Å²) in [6.45, 7) is -0.322. The Morgan fingerprint density at radius 3 is 2.52 bits per heavy atom. The Balaban J connectivity index is 1.84. The molecule has 2 aromatic rings. The minimum atomic E-state index is -1.38. The van der Waals surface area contributed by atoms with E-state index in [9.17, 15) is 27.6 Å². The van der Waals surface area contributed by atoms with Crippen molar-refractivity contribution in [1.82, 2.24) is 5.32 Å². The van der Waals surface area contributed by atoms with Gasteiger partial charge < -0.3 is 10.6 Å². The topological polar surface area (TPSA) is 78.5 Å². The summed E-state index contributed by atoms with van der Waals surface area (Å²) in [6.07, 6.45) is 0. The average molecular weight is 398 g/mol. The third kappa shape index (κ3) is 3.72. The Morgan fingerprint density at radius 2 is 1.85 bits per heavy atom. The second-order valence-corrected chi connectivity index (χ2v) is 6.03. The zero-order valence-corrected chi connectivity index (χ0v) is 14.2. The molecule has 2 N–H and O–H groups in total.